The minimum atomic E-state index is -0.242. The van der Waals surface area contributed by atoms with E-state index in [1.165, 1.54) is 4.88 Å². The third-order valence-corrected chi connectivity index (χ3v) is 4.01. The van der Waals surface area contributed by atoms with E-state index in [9.17, 15) is 9.59 Å². The molecule has 0 saturated carbocycles. The molecule has 0 aliphatic rings. The molecule has 0 bridgehead atoms. The lowest BCUT2D eigenvalue weighted by molar-refractivity contribution is -0.115. The molecule has 1 aromatic carbocycles. The lowest BCUT2D eigenvalue weighted by Crippen LogP contribution is -2.30. The van der Waals surface area contributed by atoms with Crippen molar-refractivity contribution in [2.24, 2.45) is 5.73 Å². The van der Waals surface area contributed by atoms with Crippen molar-refractivity contribution in [3.05, 3.63) is 51.7 Å². The Kier molecular flexibility index (Phi) is 5.68. The van der Waals surface area contributed by atoms with E-state index in [0.717, 1.165) is 4.88 Å². The number of para-hydroxylation sites is 1. The second kappa shape index (κ2) is 7.72. The molecule has 2 rings (SSSR count). The summed E-state index contributed by atoms with van der Waals surface area (Å²) in [5.41, 5.74) is 6.32. The highest BCUT2D eigenvalue weighted by Gasteiger charge is 2.13. The molecule has 0 fully saturated rings. The van der Waals surface area contributed by atoms with Gasteiger partial charge in [-0.1, -0.05) is 12.1 Å². The first kappa shape index (κ1) is 16.2. The topological polar surface area (TPSA) is 84.2 Å². The zero-order chi connectivity index (χ0) is 15.9. The average molecular weight is 317 g/mol. The quantitative estimate of drug-likeness (QED) is 0.761. The predicted octanol–water partition coefficient (Wildman–Crippen LogP) is 1.93. The fraction of sp³-hybridized carbons (Fsp3) is 0.250. The Morgan fingerprint density at radius 3 is 2.64 bits per heavy atom. The van der Waals surface area contributed by atoms with E-state index < -0.39 is 0 Å². The Morgan fingerprint density at radius 2 is 1.95 bits per heavy atom. The first-order valence-electron chi connectivity index (χ1n) is 7.02. The SMILES string of the molecule is Cc1ccc(CC(=O)Nc2ccccc2C(=O)NCCN)s1. The molecule has 0 spiro atoms. The normalized spacial score (nSPS) is 10.3. The van der Waals surface area contributed by atoms with Crippen LogP contribution in [0.3, 0.4) is 0 Å². The van der Waals surface area contributed by atoms with E-state index in [0.29, 0.717) is 30.8 Å². The van der Waals surface area contributed by atoms with Crippen LogP contribution in [0.4, 0.5) is 5.69 Å². The van der Waals surface area contributed by atoms with Crippen LogP contribution in [0, 0.1) is 6.92 Å². The van der Waals surface area contributed by atoms with Gasteiger partial charge in [-0.2, -0.15) is 0 Å². The third kappa shape index (κ3) is 4.41. The van der Waals surface area contributed by atoms with Crippen LogP contribution in [0.2, 0.25) is 0 Å². The number of aryl methyl sites for hydroxylation is 1. The van der Waals surface area contributed by atoms with Crippen molar-refractivity contribution < 1.29 is 9.59 Å². The second-order valence-electron chi connectivity index (χ2n) is 4.83. The second-order valence-corrected chi connectivity index (χ2v) is 6.20. The summed E-state index contributed by atoms with van der Waals surface area (Å²) in [5.74, 6) is -0.380. The van der Waals surface area contributed by atoms with E-state index in [-0.39, 0.29) is 11.8 Å². The molecule has 4 N–H and O–H groups in total. The van der Waals surface area contributed by atoms with Crippen LogP contribution in [0.15, 0.2) is 36.4 Å². The molecule has 0 atom stereocenters. The van der Waals surface area contributed by atoms with E-state index in [4.69, 9.17) is 5.73 Å². The summed E-state index contributed by atoms with van der Waals surface area (Å²) in [6, 6.07) is 10.9. The lowest BCUT2D eigenvalue weighted by atomic mass is 10.1. The van der Waals surface area contributed by atoms with Crippen LogP contribution in [0.1, 0.15) is 20.1 Å². The molecular formula is C16H19N3O2S. The van der Waals surface area contributed by atoms with Gasteiger partial charge in [0, 0.05) is 22.8 Å². The average Bonchev–Trinajstić information content (AvgIpc) is 2.90. The Balaban J connectivity index is 2.05. The van der Waals surface area contributed by atoms with Gasteiger partial charge in [0.2, 0.25) is 5.91 Å². The minimum absolute atomic E-state index is 0.138. The van der Waals surface area contributed by atoms with Crippen LogP contribution in [-0.4, -0.2) is 24.9 Å². The van der Waals surface area contributed by atoms with Crippen molar-refractivity contribution in [2.45, 2.75) is 13.3 Å². The van der Waals surface area contributed by atoms with Crippen LogP contribution in [0.5, 0.6) is 0 Å². The molecule has 2 aromatic rings. The Hall–Kier alpha value is -2.18. The number of carbonyl (C=O) groups excluding carboxylic acids is 2. The number of thiophene rings is 1. The molecule has 0 saturated heterocycles. The number of nitrogens with one attached hydrogen (secondary N) is 2. The van der Waals surface area contributed by atoms with Crippen molar-refractivity contribution in [2.75, 3.05) is 18.4 Å². The van der Waals surface area contributed by atoms with Crippen LogP contribution >= 0.6 is 11.3 Å². The van der Waals surface area contributed by atoms with Gasteiger partial charge in [-0.05, 0) is 31.2 Å². The fourth-order valence-electron chi connectivity index (χ4n) is 2.00. The van der Waals surface area contributed by atoms with Crippen molar-refractivity contribution in [1.29, 1.82) is 0 Å². The first-order valence-corrected chi connectivity index (χ1v) is 7.84. The maximum Gasteiger partial charge on any atom is 0.253 e. The van der Waals surface area contributed by atoms with Gasteiger partial charge in [-0.15, -0.1) is 11.3 Å². The van der Waals surface area contributed by atoms with Crippen LogP contribution in [0.25, 0.3) is 0 Å². The molecule has 2 amide bonds. The van der Waals surface area contributed by atoms with Gasteiger partial charge in [0.15, 0.2) is 0 Å². The standard InChI is InChI=1S/C16H19N3O2S/c1-11-6-7-12(22-11)10-15(20)19-14-5-3-2-4-13(14)16(21)18-9-8-17/h2-7H,8-10,17H2,1H3,(H,18,21)(H,19,20). The molecule has 0 aliphatic heterocycles. The summed E-state index contributed by atoms with van der Waals surface area (Å²) in [5, 5.41) is 5.50. The fourth-order valence-corrected chi connectivity index (χ4v) is 2.89. The van der Waals surface area contributed by atoms with E-state index in [1.54, 1.807) is 35.6 Å². The highest BCUT2D eigenvalue weighted by atomic mass is 32.1. The number of hydrogen-bond donors (Lipinski definition) is 3. The van der Waals surface area contributed by atoms with Gasteiger partial charge >= 0.3 is 0 Å². The van der Waals surface area contributed by atoms with Gasteiger partial charge in [-0.3, -0.25) is 9.59 Å². The Morgan fingerprint density at radius 1 is 1.18 bits per heavy atom. The molecule has 0 aliphatic carbocycles. The van der Waals surface area contributed by atoms with Crippen molar-refractivity contribution in [1.82, 2.24) is 5.32 Å². The summed E-state index contributed by atoms with van der Waals surface area (Å²) in [6.45, 7) is 2.77. The molecular weight excluding hydrogens is 298 g/mol. The molecule has 1 aromatic heterocycles. The molecule has 116 valence electrons. The van der Waals surface area contributed by atoms with Gasteiger partial charge in [0.25, 0.3) is 5.91 Å². The zero-order valence-electron chi connectivity index (χ0n) is 12.4. The summed E-state index contributed by atoms with van der Waals surface area (Å²) < 4.78 is 0. The van der Waals surface area contributed by atoms with Crippen LogP contribution in [-0.2, 0) is 11.2 Å². The van der Waals surface area contributed by atoms with Gasteiger partial charge in [-0.25, -0.2) is 0 Å². The summed E-state index contributed by atoms with van der Waals surface area (Å²) >= 11 is 1.59. The minimum Gasteiger partial charge on any atom is -0.351 e. The maximum absolute atomic E-state index is 12.1. The smallest absolute Gasteiger partial charge is 0.253 e. The first-order chi connectivity index (χ1) is 10.6. The Labute approximate surface area is 133 Å². The lowest BCUT2D eigenvalue weighted by Gasteiger charge is -2.10. The third-order valence-electron chi connectivity index (χ3n) is 3.01. The van der Waals surface area contributed by atoms with Crippen molar-refractivity contribution in [3.8, 4) is 0 Å². The maximum atomic E-state index is 12.1. The molecule has 0 radical (unpaired) electrons. The Bertz CT molecular complexity index is 667. The number of carbonyl (C=O) groups is 2. The van der Waals surface area contributed by atoms with Crippen LogP contribution < -0.4 is 16.4 Å². The molecule has 0 unspecified atom stereocenters. The molecule has 5 nitrogen and oxygen atoms in total. The summed E-state index contributed by atoms with van der Waals surface area (Å²) in [6.07, 6.45) is 0.303. The van der Waals surface area contributed by atoms with Gasteiger partial charge in [0.1, 0.15) is 0 Å². The predicted molar refractivity (Wildman–Crippen MR) is 89.2 cm³/mol. The largest absolute Gasteiger partial charge is 0.351 e. The molecule has 6 heteroatoms. The van der Waals surface area contributed by atoms with Gasteiger partial charge in [0.05, 0.1) is 17.7 Å². The number of amides is 2. The highest BCUT2D eigenvalue weighted by Crippen LogP contribution is 2.18. The van der Waals surface area contributed by atoms with Crippen molar-refractivity contribution >= 4 is 28.8 Å². The summed E-state index contributed by atoms with van der Waals surface area (Å²) in [7, 11) is 0. The van der Waals surface area contributed by atoms with Gasteiger partial charge < -0.3 is 16.4 Å². The molecule has 1 heterocycles. The number of nitrogens with two attached hydrogens (primary N) is 1. The van der Waals surface area contributed by atoms with E-state index >= 15 is 0 Å². The number of anilines is 1. The van der Waals surface area contributed by atoms with Crippen molar-refractivity contribution in [3.63, 3.8) is 0 Å². The monoisotopic (exact) mass is 317 g/mol. The zero-order valence-corrected chi connectivity index (χ0v) is 13.2. The number of rotatable bonds is 6. The number of benzene rings is 1. The van der Waals surface area contributed by atoms with E-state index in [1.807, 2.05) is 19.1 Å². The highest BCUT2D eigenvalue weighted by molar-refractivity contribution is 7.12. The van der Waals surface area contributed by atoms with E-state index in [2.05, 4.69) is 10.6 Å². The molecule has 22 heavy (non-hydrogen) atoms. The summed E-state index contributed by atoms with van der Waals surface area (Å²) in [4.78, 5) is 26.3. The number of hydrogen-bond acceptors (Lipinski definition) is 4.